The van der Waals surface area contributed by atoms with Crippen LogP contribution in [0.2, 0.25) is 0 Å². The average Bonchev–Trinajstić information content (AvgIpc) is 2.72. The molecule has 1 N–H and O–H groups in total. The van der Waals surface area contributed by atoms with Crippen LogP contribution < -0.4 is 5.32 Å². The first-order valence-corrected chi connectivity index (χ1v) is 5.60. The fourth-order valence-corrected chi connectivity index (χ4v) is 2.11. The van der Waals surface area contributed by atoms with Crippen molar-refractivity contribution in [1.82, 2.24) is 5.32 Å². The minimum atomic E-state index is 0. The number of hydrogen-bond acceptors (Lipinski definition) is 2. The summed E-state index contributed by atoms with van der Waals surface area (Å²) in [5, 5.41) is 7.42. The lowest BCUT2D eigenvalue weighted by Gasteiger charge is -2.01. The monoisotopic (exact) mass is 239 g/mol. The predicted molar refractivity (Wildman–Crippen MR) is 69.8 cm³/mol. The van der Waals surface area contributed by atoms with Crippen molar-refractivity contribution in [1.29, 1.82) is 0 Å². The van der Waals surface area contributed by atoms with E-state index in [1.165, 1.54) is 16.7 Å². The lowest BCUT2D eigenvalue weighted by atomic mass is 10.1. The van der Waals surface area contributed by atoms with Gasteiger partial charge in [0.25, 0.3) is 0 Å². The molecule has 0 radical (unpaired) electrons. The van der Waals surface area contributed by atoms with Crippen molar-refractivity contribution < 1.29 is 0 Å². The molecule has 0 spiro atoms. The molecule has 1 aromatic carbocycles. The highest BCUT2D eigenvalue weighted by molar-refractivity contribution is 7.08. The van der Waals surface area contributed by atoms with E-state index < -0.39 is 0 Å². The molecule has 2 rings (SSSR count). The summed E-state index contributed by atoms with van der Waals surface area (Å²) >= 11 is 1.74. The van der Waals surface area contributed by atoms with Crippen LogP contribution >= 0.6 is 23.7 Å². The van der Waals surface area contributed by atoms with Gasteiger partial charge in [-0.2, -0.15) is 11.3 Å². The first-order chi connectivity index (χ1) is 6.90. The minimum Gasteiger partial charge on any atom is -0.316 e. The van der Waals surface area contributed by atoms with E-state index in [4.69, 9.17) is 0 Å². The van der Waals surface area contributed by atoms with Gasteiger partial charge in [-0.25, -0.2) is 0 Å². The highest BCUT2D eigenvalue weighted by atomic mass is 35.5. The number of hydrogen-bond donors (Lipinski definition) is 1. The van der Waals surface area contributed by atoms with E-state index in [2.05, 4.69) is 46.4 Å². The average molecular weight is 240 g/mol. The van der Waals surface area contributed by atoms with Crippen molar-refractivity contribution in [2.24, 2.45) is 0 Å². The Morgan fingerprint density at radius 2 is 1.80 bits per heavy atom. The molecule has 3 heteroatoms. The smallest absolute Gasteiger partial charge is 0.0202 e. The summed E-state index contributed by atoms with van der Waals surface area (Å²) in [6.07, 6.45) is 0. The predicted octanol–water partition coefficient (Wildman–Crippen LogP) is 3.56. The molecule has 0 aliphatic carbocycles. The van der Waals surface area contributed by atoms with Crippen LogP contribution in [0.15, 0.2) is 41.1 Å². The summed E-state index contributed by atoms with van der Waals surface area (Å²) < 4.78 is 0. The molecule has 0 aliphatic heterocycles. The quantitative estimate of drug-likeness (QED) is 0.864. The van der Waals surface area contributed by atoms with Crippen LogP contribution in [0.25, 0.3) is 11.1 Å². The van der Waals surface area contributed by atoms with E-state index in [1.807, 2.05) is 7.05 Å². The summed E-state index contributed by atoms with van der Waals surface area (Å²) in [5.41, 5.74) is 3.93. The third-order valence-electron chi connectivity index (χ3n) is 2.19. The van der Waals surface area contributed by atoms with Gasteiger partial charge in [-0.3, -0.25) is 0 Å². The third-order valence-corrected chi connectivity index (χ3v) is 2.87. The van der Waals surface area contributed by atoms with E-state index in [9.17, 15) is 0 Å². The molecule has 80 valence electrons. The standard InChI is InChI=1S/C12H13NS.ClH/c1-13-8-10-2-4-11(5-3-10)12-6-7-14-9-12;/h2-7,9,13H,8H2,1H3;1H. The molecule has 0 fully saturated rings. The second-order valence-corrected chi connectivity index (χ2v) is 4.02. The number of halogens is 1. The molecule has 1 heterocycles. The molecule has 0 unspecified atom stereocenters. The lowest BCUT2D eigenvalue weighted by Crippen LogP contribution is -2.04. The van der Waals surface area contributed by atoms with E-state index in [-0.39, 0.29) is 12.4 Å². The lowest BCUT2D eigenvalue weighted by molar-refractivity contribution is 0.818. The highest BCUT2D eigenvalue weighted by Gasteiger charge is 1.97. The van der Waals surface area contributed by atoms with Crippen LogP contribution in [0.3, 0.4) is 0 Å². The van der Waals surface area contributed by atoms with Crippen molar-refractivity contribution in [2.45, 2.75) is 6.54 Å². The molecule has 2 aromatic rings. The Labute approximate surface area is 101 Å². The second kappa shape index (κ2) is 5.91. The Morgan fingerprint density at radius 3 is 2.33 bits per heavy atom. The van der Waals surface area contributed by atoms with Crippen LogP contribution in [-0.4, -0.2) is 7.05 Å². The van der Waals surface area contributed by atoms with Gasteiger partial charge in [-0.15, -0.1) is 12.4 Å². The van der Waals surface area contributed by atoms with E-state index in [1.54, 1.807) is 11.3 Å². The van der Waals surface area contributed by atoms with E-state index in [0.717, 1.165) is 6.54 Å². The number of benzene rings is 1. The first-order valence-electron chi connectivity index (χ1n) is 4.66. The van der Waals surface area contributed by atoms with Crippen molar-refractivity contribution in [2.75, 3.05) is 7.05 Å². The van der Waals surface area contributed by atoms with Crippen molar-refractivity contribution in [3.8, 4) is 11.1 Å². The maximum Gasteiger partial charge on any atom is 0.0202 e. The van der Waals surface area contributed by atoms with Crippen molar-refractivity contribution >= 4 is 23.7 Å². The SMILES string of the molecule is CNCc1ccc(-c2ccsc2)cc1.Cl. The van der Waals surface area contributed by atoms with Crippen molar-refractivity contribution in [3.05, 3.63) is 46.7 Å². The highest BCUT2D eigenvalue weighted by Crippen LogP contribution is 2.22. The zero-order chi connectivity index (χ0) is 9.80. The van der Waals surface area contributed by atoms with Crippen LogP contribution in [-0.2, 0) is 6.54 Å². The third kappa shape index (κ3) is 3.06. The molecule has 1 nitrogen and oxygen atoms in total. The molecule has 0 bridgehead atoms. The van der Waals surface area contributed by atoms with Gasteiger partial charge in [0.2, 0.25) is 0 Å². The van der Waals surface area contributed by atoms with Crippen LogP contribution in [0.1, 0.15) is 5.56 Å². The Bertz CT molecular complexity index is 381. The molecular weight excluding hydrogens is 226 g/mol. The number of nitrogens with one attached hydrogen (secondary N) is 1. The molecular formula is C12H14ClNS. The van der Waals surface area contributed by atoms with Gasteiger partial charge in [-0.1, -0.05) is 24.3 Å². The Hall–Kier alpha value is -0.830. The number of thiophene rings is 1. The summed E-state index contributed by atoms with van der Waals surface area (Å²) in [6.45, 7) is 0.934. The molecule has 15 heavy (non-hydrogen) atoms. The zero-order valence-corrected chi connectivity index (χ0v) is 10.2. The van der Waals surface area contributed by atoms with Gasteiger partial charge in [0.05, 0.1) is 0 Å². The second-order valence-electron chi connectivity index (χ2n) is 3.24. The molecule has 0 aliphatic rings. The van der Waals surface area contributed by atoms with Gasteiger partial charge < -0.3 is 5.32 Å². The van der Waals surface area contributed by atoms with Crippen LogP contribution in [0.4, 0.5) is 0 Å². The maximum atomic E-state index is 3.14. The Kier molecular flexibility index (Phi) is 4.82. The first kappa shape index (κ1) is 12.2. The summed E-state index contributed by atoms with van der Waals surface area (Å²) in [7, 11) is 1.97. The number of rotatable bonds is 3. The molecule has 0 atom stereocenters. The minimum absolute atomic E-state index is 0. The van der Waals surface area contributed by atoms with E-state index in [0.29, 0.717) is 0 Å². The normalized spacial score (nSPS) is 9.67. The van der Waals surface area contributed by atoms with Gasteiger partial charge in [0, 0.05) is 6.54 Å². The Balaban J connectivity index is 0.00000112. The van der Waals surface area contributed by atoms with E-state index >= 15 is 0 Å². The molecule has 0 amide bonds. The van der Waals surface area contributed by atoms with Gasteiger partial charge >= 0.3 is 0 Å². The van der Waals surface area contributed by atoms with Crippen LogP contribution in [0.5, 0.6) is 0 Å². The van der Waals surface area contributed by atoms with Crippen molar-refractivity contribution in [3.63, 3.8) is 0 Å². The molecule has 0 saturated heterocycles. The summed E-state index contributed by atoms with van der Waals surface area (Å²) in [6, 6.07) is 10.8. The van der Waals surface area contributed by atoms with Gasteiger partial charge in [0.15, 0.2) is 0 Å². The largest absolute Gasteiger partial charge is 0.316 e. The van der Waals surface area contributed by atoms with Crippen LogP contribution in [0, 0.1) is 0 Å². The maximum absolute atomic E-state index is 3.14. The fourth-order valence-electron chi connectivity index (χ4n) is 1.45. The van der Waals surface area contributed by atoms with Gasteiger partial charge in [-0.05, 0) is 40.6 Å². The summed E-state index contributed by atoms with van der Waals surface area (Å²) in [4.78, 5) is 0. The molecule has 1 aromatic heterocycles. The topological polar surface area (TPSA) is 12.0 Å². The molecule has 0 saturated carbocycles. The summed E-state index contributed by atoms with van der Waals surface area (Å²) in [5.74, 6) is 0. The zero-order valence-electron chi connectivity index (χ0n) is 8.57. The fraction of sp³-hybridized carbons (Fsp3) is 0.167. The Morgan fingerprint density at radius 1 is 1.07 bits per heavy atom. The van der Waals surface area contributed by atoms with Gasteiger partial charge in [0.1, 0.15) is 0 Å².